The molecular formula is C16H14ClNO4. The Morgan fingerprint density at radius 2 is 2.00 bits per heavy atom. The minimum absolute atomic E-state index is 0.0304. The fraction of sp³-hybridized carbons (Fsp3) is 0.188. The largest absolute Gasteiger partial charge is 0.496 e. The Morgan fingerprint density at radius 3 is 2.64 bits per heavy atom. The van der Waals surface area contributed by atoms with Crippen LogP contribution < -0.4 is 4.74 Å². The summed E-state index contributed by atoms with van der Waals surface area (Å²) in [6.45, 7) is 1.44. The summed E-state index contributed by atoms with van der Waals surface area (Å²) in [5.41, 5.74) is 1.24. The minimum Gasteiger partial charge on any atom is -0.496 e. The van der Waals surface area contributed by atoms with Gasteiger partial charge in [0.25, 0.3) is 0 Å². The van der Waals surface area contributed by atoms with Gasteiger partial charge in [-0.15, -0.1) is 0 Å². The number of rotatable bonds is 5. The fourth-order valence-electron chi connectivity index (χ4n) is 1.84. The molecule has 1 aromatic heterocycles. The van der Waals surface area contributed by atoms with E-state index >= 15 is 0 Å². The van der Waals surface area contributed by atoms with Crippen molar-refractivity contribution in [2.24, 2.45) is 0 Å². The highest BCUT2D eigenvalue weighted by Gasteiger charge is 2.13. The minimum atomic E-state index is -0.599. The summed E-state index contributed by atoms with van der Waals surface area (Å²) in [5, 5.41) is 0.401. The van der Waals surface area contributed by atoms with Crippen molar-refractivity contribution >= 4 is 23.4 Å². The van der Waals surface area contributed by atoms with E-state index in [0.29, 0.717) is 21.9 Å². The molecule has 6 heteroatoms. The number of ether oxygens (including phenoxy) is 2. The average molecular weight is 320 g/mol. The average Bonchev–Trinajstić information content (AvgIpc) is 2.52. The van der Waals surface area contributed by atoms with Gasteiger partial charge < -0.3 is 9.47 Å². The van der Waals surface area contributed by atoms with Crippen molar-refractivity contribution in [3.63, 3.8) is 0 Å². The number of Topliss-reactive ketones (excluding diaryl/α,β-unsaturated/α-hetero) is 1. The molecule has 0 fully saturated rings. The maximum atomic E-state index is 11.9. The predicted octanol–water partition coefficient (Wildman–Crippen LogP) is 3.30. The number of pyridine rings is 1. The first-order valence-electron chi connectivity index (χ1n) is 6.48. The number of carbonyl (C=O) groups excluding carboxylic acids is 2. The van der Waals surface area contributed by atoms with Crippen molar-refractivity contribution in [3.05, 3.63) is 58.4 Å². The molecule has 2 aromatic rings. The predicted molar refractivity (Wildman–Crippen MR) is 81.4 cm³/mol. The number of hydrogen-bond acceptors (Lipinski definition) is 5. The third-order valence-corrected chi connectivity index (χ3v) is 3.21. The molecule has 0 spiro atoms. The zero-order valence-corrected chi connectivity index (χ0v) is 12.9. The Bertz CT molecular complexity index is 715. The lowest BCUT2D eigenvalue weighted by Gasteiger charge is -2.10. The Kier molecular flexibility index (Phi) is 5.12. The van der Waals surface area contributed by atoms with E-state index in [2.05, 4.69) is 4.98 Å². The van der Waals surface area contributed by atoms with E-state index in [9.17, 15) is 9.59 Å². The van der Waals surface area contributed by atoms with Gasteiger partial charge in [-0.2, -0.15) is 0 Å². The molecule has 0 aliphatic heterocycles. The zero-order chi connectivity index (χ0) is 16.1. The zero-order valence-electron chi connectivity index (χ0n) is 12.1. The van der Waals surface area contributed by atoms with E-state index < -0.39 is 5.97 Å². The number of ketones is 1. The standard InChI is InChI=1S/C16H14ClNO4/c1-10(19)11-3-4-15(21-2)12(7-11)9-22-16(20)14-8-13(17)5-6-18-14/h3-8H,9H2,1-2H3. The smallest absolute Gasteiger partial charge is 0.357 e. The lowest BCUT2D eigenvalue weighted by atomic mass is 10.1. The number of hydrogen-bond donors (Lipinski definition) is 0. The second-order valence-corrected chi connectivity index (χ2v) is 4.95. The number of methoxy groups -OCH3 is 1. The number of nitrogens with zero attached hydrogens (tertiary/aromatic N) is 1. The van der Waals surface area contributed by atoms with E-state index in [-0.39, 0.29) is 18.1 Å². The molecule has 2 rings (SSSR count). The molecule has 0 bridgehead atoms. The van der Waals surface area contributed by atoms with Crippen molar-refractivity contribution in [2.45, 2.75) is 13.5 Å². The van der Waals surface area contributed by atoms with Gasteiger partial charge in [-0.25, -0.2) is 9.78 Å². The SMILES string of the molecule is COc1ccc(C(C)=O)cc1COC(=O)c1cc(Cl)ccn1. The van der Waals surface area contributed by atoms with Crippen LogP contribution in [0, 0.1) is 0 Å². The second-order valence-electron chi connectivity index (χ2n) is 4.52. The molecule has 0 unspecified atom stereocenters. The number of carbonyl (C=O) groups is 2. The van der Waals surface area contributed by atoms with E-state index in [4.69, 9.17) is 21.1 Å². The third kappa shape index (κ3) is 3.83. The van der Waals surface area contributed by atoms with E-state index in [1.54, 1.807) is 24.3 Å². The topological polar surface area (TPSA) is 65.5 Å². The fourth-order valence-corrected chi connectivity index (χ4v) is 2.00. The van der Waals surface area contributed by atoms with Gasteiger partial charge in [0.15, 0.2) is 5.78 Å². The van der Waals surface area contributed by atoms with Gasteiger partial charge in [0.05, 0.1) is 7.11 Å². The Labute approximate surface area is 132 Å². The molecule has 0 atom stereocenters. The van der Waals surface area contributed by atoms with Gasteiger partial charge in [-0.1, -0.05) is 11.6 Å². The number of aromatic nitrogens is 1. The van der Waals surface area contributed by atoms with Crippen LogP contribution in [0.15, 0.2) is 36.5 Å². The first-order valence-corrected chi connectivity index (χ1v) is 6.85. The first kappa shape index (κ1) is 16.0. The molecule has 114 valence electrons. The van der Waals surface area contributed by atoms with Crippen molar-refractivity contribution in [2.75, 3.05) is 7.11 Å². The lowest BCUT2D eigenvalue weighted by Crippen LogP contribution is -2.08. The summed E-state index contributed by atoms with van der Waals surface area (Å²) < 4.78 is 10.4. The Morgan fingerprint density at radius 1 is 1.23 bits per heavy atom. The number of halogens is 1. The molecule has 22 heavy (non-hydrogen) atoms. The van der Waals surface area contributed by atoms with Crippen LogP contribution in [0.1, 0.15) is 33.3 Å². The summed E-state index contributed by atoms with van der Waals surface area (Å²) >= 11 is 5.80. The van der Waals surface area contributed by atoms with Gasteiger partial charge in [-0.05, 0) is 37.3 Å². The van der Waals surface area contributed by atoms with Crippen molar-refractivity contribution < 1.29 is 19.1 Å². The monoisotopic (exact) mass is 319 g/mol. The van der Waals surface area contributed by atoms with Crippen LogP contribution in [0.2, 0.25) is 5.02 Å². The van der Waals surface area contributed by atoms with E-state index in [0.717, 1.165) is 0 Å². The van der Waals surface area contributed by atoms with E-state index in [1.165, 1.54) is 26.3 Å². The van der Waals surface area contributed by atoms with E-state index in [1.807, 2.05) is 0 Å². The summed E-state index contributed by atoms with van der Waals surface area (Å²) in [6.07, 6.45) is 1.43. The quantitative estimate of drug-likeness (QED) is 0.625. The molecule has 1 aromatic carbocycles. The maximum Gasteiger partial charge on any atom is 0.357 e. The van der Waals surface area contributed by atoms with Crippen LogP contribution in [0.5, 0.6) is 5.75 Å². The molecule has 0 aliphatic carbocycles. The van der Waals surface area contributed by atoms with Gasteiger partial charge in [0, 0.05) is 22.3 Å². The van der Waals surface area contributed by atoms with Crippen LogP contribution in [-0.4, -0.2) is 23.8 Å². The van der Waals surface area contributed by atoms with Gasteiger partial charge in [0.1, 0.15) is 18.1 Å². The van der Waals surface area contributed by atoms with Crippen LogP contribution in [0.25, 0.3) is 0 Å². The summed E-state index contributed by atoms with van der Waals surface area (Å²) in [4.78, 5) is 27.3. The first-order chi connectivity index (χ1) is 10.5. The molecule has 0 saturated heterocycles. The highest BCUT2D eigenvalue weighted by Crippen LogP contribution is 2.21. The van der Waals surface area contributed by atoms with Crippen molar-refractivity contribution in [1.29, 1.82) is 0 Å². The maximum absolute atomic E-state index is 11.9. The summed E-state index contributed by atoms with van der Waals surface area (Å²) in [5.74, 6) is -0.138. The lowest BCUT2D eigenvalue weighted by molar-refractivity contribution is 0.0463. The van der Waals surface area contributed by atoms with Gasteiger partial charge >= 0.3 is 5.97 Å². The van der Waals surface area contributed by atoms with Crippen LogP contribution in [0.4, 0.5) is 0 Å². The summed E-state index contributed by atoms with van der Waals surface area (Å²) in [6, 6.07) is 7.95. The van der Waals surface area contributed by atoms with Crippen LogP contribution >= 0.6 is 11.6 Å². The van der Waals surface area contributed by atoms with Crippen LogP contribution in [0.3, 0.4) is 0 Å². The number of esters is 1. The van der Waals surface area contributed by atoms with Gasteiger partial charge in [0.2, 0.25) is 0 Å². The Hall–Kier alpha value is -2.40. The molecule has 0 aliphatic rings. The molecule has 0 amide bonds. The number of benzene rings is 1. The molecule has 0 radical (unpaired) electrons. The highest BCUT2D eigenvalue weighted by molar-refractivity contribution is 6.30. The van der Waals surface area contributed by atoms with Crippen molar-refractivity contribution in [1.82, 2.24) is 4.98 Å². The normalized spacial score (nSPS) is 10.1. The molecule has 5 nitrogen and oxygen atoms in total. The van der Waals surface area contributed by atoms with Crippen LogP contribution in [-0.2, 0) is 11.3 Å². The summed E-state index contributed by atoms with van der Waals surface area (Å²) in [7, 11) is 1.51. The molecular weight excluding hydrogens is 306 g/mol. The third-order valence-electron chi connectivity index (χ3n) is 2.98. The molecule has 0 saturated carbocycles. The second kappa shape index (κ2) is 7.04. The molecule has 0 N–H and O–H groups in total. The Balaban J connectivity index is 2.15. The highest BCUT2D eigenvalue weighted by atomic mass is 35.5. The molecule has 1 heterocycles. The van der Waals surface area contributed by atoms with Gasteiger partial charge in [-0.3, -0.25) is 4.79 Å². The van der Waals surface area contributed by atoms with Crippen molar-refractivity contribution in [3.8, 4) is 5.75 Å².